The van der Waals surface area contributed by atoms with Crippen LogP contribution in [0.1, 0.15) is 35.2 Å². The third-order valence-electron chi connectivity index (χ3n) is 2.28. The molecule has 0 N–H and O–H groups in total. The van der Waals surface area contributed by atoms with Crippen molar-refractivity contribution >= 4 is 5.97 Å². The van der Waals surface area contributed by atoms with Crippen LogP contribution < -0.4 is 0 Å². The summed E-state index contributed by atoms with van der Waals surface area (Å²) in [5.41, 5.74) is -1.16. The first kappa shape index (κ1) is 17.3. The molecule has 21 heavy (non-hydrogen) atoms. The molecule has 0 saturated heterocycles. The summed E-state index contributed by atoms with van der Waals surface area (Å²) in [5, 5.41) is 0. The molecule has 0 saturated carbocycles. The van der Waals surface area contributed by atoms with Crippen molar-refractivity contribution < 1.29 is 31.8 Å². The molecule has 0 fully saturated rings. The van der Waals surface area contributed by atoms with E-state index >= 15 is 0 Å². The van der Waals surface area contributed by atoms with Gasteiger partial charge >= 0.3 is 5.97 Å². The molecule has 0 radical (unpaired) electrons. The van der Waals surface area contributed by atoms with Gasteiger partial charge < -0.3 is 9.47 Å². The van der Waals surface area contributed by atoms with Crippen molar-refractivity contribution in [3.63, 3.8) is 0 Å². The van der Waals surface area contributed by atoms with Gasteiger partial charge in [-0.2, -0.15) is 0 Å². The molecule has 0 aliphatic heterocycles. The van der Waals surface area contributed by atoms with Crippen LogP contribution in [-0.2, 0) is 15.9 Å². The van der Waals surface area contributed by atoms with Gasteiger partial charge in [0.2, 0.25) is 0 Å². The van der Waals surface area contributed by atoms with Crippen molar-refractivity contribution in [3.05, 3.63) is 23.3 Å². The highest BCUT2D eigenvalue weighted by Crippen LogP contribution is 2.21. The number of esters is 1. The van der Waals surface area contributed by atoms with Crippen LogP contribution in [0, 0.1) is 0 Å². The van der Waals surface area contributed by atoms with Crippen molar-refractivity contribution in [2.24, 2.45) is 0 Å². The topological polar surface area (TPSA) is 61.3 Å². The minimum absolute atomic E-state index is 0.0183. The van der Waals surface area contributed by atoms with Gasteiger partial charge in [0.1, 0.15) is 23.7 Å². The van der Waals surface area contributed by atoms with Gasteiger partial charge in [0, 0.05) is 12.6 Å². The number of halogens is 4. The van der Waals surface area contributed by atoms with Gasteiger partial charge in [-0.3, -0.25) is 0 Å². The Morgan fingerprint density at radius 1 is 1.33 bits per heavy atom. The maximum absolute atomic E-state index is 12.9. The zero-order valence-electron chi connectivity index (χ0n) is 11.2. The van der Waals surface area contributed by atoms with Crippen molar-refractivity contribution in [2.45, 2.75) is 26.2 Å². The molecule has 9 heteroatoms. The van der Waals surface area contributed by atoms with Crippen molar-refractivity contribution in [3.8, 4) is 0 Å². The number of alkyl halides is 4. The summed E-state index contributed by atoms with van der Waals surface area (Å²) in [6.07, 6.45) is -4.66. The number of rotatable bonds is 8. The molecule has 0 bridgehead atoms. The van der Waals surface area contributed by atoms with Gasteiger partial charge in [0.05, 0.1) is 13.2 Å². The summed E-state index contributed by atoms with van der Waals surface area (Å²) in [6, 6.07) is 0. The van der Waals surface area contributed by atoms with Crippen LogP contribution in [0.5, 0.6) is 0 Å². The molecule has 1 aromatic heterocycles. The largest absolute Gasteiger partial charge is 0.462 e. The quantitative estimate of drug-likeness (QED) is 0.419. The maximum Gasteiger partial charge on any atom is 0.341 e. The average Bonchev–Trinajstić information content (AvgIpc) is 2.43. The first-order valence-electron chi connectivity index (χ1n) is 6.12. The standard InChI is InChI=1S/C12H14F4N2O3/c1-2-21-12(19)7-5-17-9(18-10(7)11(15)16)3-4-20-6-8(13)14/h5,8,11H,2-4,6H2,1H3. The van der Waals surface area contributed by atoms with Crippen LogP contribution in [0.15, 0.2) is 6.20 Å². The second-order valence-electron chi connectivity index (χ2n) is 3.82. The molecule has 0 spiro atoms. The van der Waals surface area contributed by atoms with Gasteiger partial charge in [-0.25, -0.2) is 32.3 Å². The van der Waals surface area contributed by atoms with E-state index in [1.54, 1.807) is 0 Å². The van der Waals surface area contributed by atoms with E-state index in [2.05, 4.69) is 19.4 Å². The van der Waals surface area contributed by atoms with Gasteiger partial charge in [-0.1, -0.05) is 0 Å². The number of hydrogen-bond acceptors (Lipinski definition) is 5. The van der Waals surface area contributed by atoms with E-state index in [1.165, 1.54) is 6.92 Å². The monoisotopic (exact) mass is 310 g/mol. The number of carbonyl (C=O) groups excluding carboxylic acids is 1. The molecule has 118 valence electrons. The average molecular weight is 310 g/mol. The highest BCUT2D eigenvalue weighted by atomic mass is 19.3. The first-order valence-corrected chi connectivity index (χ1v) is 6.12. The van der Waals surface area contributed by atoms with Crippen LogP contribution >= 0.6 is 0 Å². The van der Waals surface area contributed by atoms with Crippen LogP contribution in [0.2, 0.25) is 0 Å². The Morgan fingerprint density at radius 2 is 2.05 bits per heavy atom. The Bertz CT molecular complexity index is 472. The fourth-order valence-electron chi connectivity index (χ4n) is 1.42. The molecular formula is C12H14F4N2O3. The number of carbonyl (C=O) groups is 1. The zero-order chi connectivity index (χ0) is 15.8. The van der Waals surface area contributed by atoms with Gasteiger partial charge in [-0.15, -0.1) is 0 Å². The fourth-order valence-corrected chi connectivity index (χ4v) is 1.42. The molecular weight excluding hydrogens is 296 g/mol. The smallest absolute Gasteiger partial charge is 0.341 e. The predicted molar refractivity (Wildman–Crippen MR) is 63.5 cm³/mol. The predicted octanol–water partition coefficient (Wildman–Crippen LogP) is 2.42. The van der Waals surface area contributed by atoms with Crippen LogP contribution in [0.4, 0.5) is 17.6 Å². The summed E-state index contributed by atoms with van der Waals surface area (Å²) >= 11 is 0. The molecule has 0 aromatic carbocycles. The van der Waals surface area contributed by atoms with E-state index in [0.29, 0.717) is 0 Å². The van der Waals surface area contributed by atoms with E-state index < -0.39 is 36.7 Å². The number of aromatic nitrogens is 2. The molecule has 1 aromatic rings. The summed E-state index contributed by atoms with van der Waals surface area (Å²) < 4.78 is 58.7. The fraction of sp³-hybridized carbons (Fsp3) is 0.583. The lowest BCUT2D eigenvalue weighted by atomic mass is 10.2. The Kier molecular flexibility index (Phi) is 7.00. The molecule has 5 nitrogen and oxygen atoms in total. The number of hydrogen-bond donors (Lipinski definition) is 0. The van der Waals surface area contributed by atoms with Crippen LogP contribution in [0.3, 0.4) is 0 Å². The molecule has 1 heterocycles. The summed E-state index contributed by atoms with van der Waals surface area (Å²) in [5.74, 6) is -0.957. The Morgan fingerprint density at radius 3 is 2.62 bits per heavy atom. The van der Waals surface area contributed by atoms with E-state index in [9.17, 15) is 22.4 Å². The second kappa shape index (κ2) is 8.50. The van der Waals surface area contributed by atoms with Gasteiger partial charge in [0.25, 0.3) is 12.9 Å². The molecule has 0 amide bonds. The lowest BCUT2D eigenvalue weighted by Crippen LogP contribution is -2.14. The van der Waals surface area contributed by atoms with Crippen LogP contribution in [-0.4, -0.2) is 42.2 Å². The third kappa shape index (κ3) is 5.62. The Balaban J connectivity index is 2.76. The number of nitrogens with zero attached hydrogens (tertiary/aromatic N) is 2. The lowest BCUT2D eigenvalue weighted by molar-refractivity contribution is 0.0182. The number of ether oxygens (including phenoxy) is 2. The van der Waals surface area contributed by atoms with E-state index in [0.717, 1.165) is 6.20 Å². The lowest BCUT2D eigenvalue weighted by Gasteiger charge is -2.09. The second-order valence-corrected chi connectivity index (χ2v) is 3.82. The summed E-state index contributed by atoms with van der Waals surface area (Å²) in [7, 11) is 0. The summed E-state index contributed by atoms with van der Waals surface area (Å²) in [6.45, 7) is 0.689. The van der Waals surface area contributed by atoms with Crippen LogP contribution in [0.25, 0.3) is 0 Å². The van der Waals surface area contributed by atoms with Gasteiger partial charge in [-0.05, 0) is 6.92 Å². The Labute approximate surface area is 118 Å². The highest BCUT2D eigenvalue weighted by molar-refractivity contribution is 5.90. The maximum atomic E-state index is 12.9. The summed E-state index contributed by atoms with van der Waals surface area (Å²) in [4.78, 5) is 18.8. The van der Waals surface area contributed by atoms with Crippen molar-refractivity contribution in [2.75, 3.05) is 19.8 Å². The van der Waals surface area contributed by atoms with Gasteiger partial charge in [0.15, 0.2) is 0 Å². The molecule has 0 aliphatic carbocycles. The molecule has 0 unspecified atom stereocenters. The molecule has 1 rings (SSSR count). The van der Waals surface area contributed by atoms with E-state index in [1.807, 2.05) is 0 Å². The minimum atomic E-state index is -2.98. The van der Waals surface area contributed by atoms with E-state index in [4.69, 9.17) is 0 Å². The zero-order valence-corrected chi connectivity index (χ0v) is 11.2. The van der Waals surface area contributed by atoms with Crippen molar-refractivity contribution in [1.29, 1.82) is 0 Å². The molecule has 0 aliphatic rings. The normalized spacial score (nSPS) is 11.2. The Hall–Kier alpha value is -1.77. The van der Waals surface area contributed by atoms with Crippen molar-refractivity contribution in [1.82, 2.24) is 9.97 Å². The third-order valence-corrected chi connectivity index (χ3v) is 2.28. The molecule has 0 atom stereocenters. The SMILES string of the molecule is CCOC(=O)c1cnc(CCOCC(F)F)nc1C(F)F. The van der Waals surface area contributed by atoms with E-state index in [-0.39, 0.29) is 25.5 Å². The first-order chi connectivity index (χ1) is 9.95. The highest BCUT2D eigenvalue weighted by Gasteiger charge is 2.22. The minimum Gasteiger partial charge on any atom is -0.462 e.